The first-order valence-electron chi connectivity index (χ1n) is 9.84. The summed E-state index contributed by atoms with van der Waals surface area (Å²) in [5.74, 6) is 0.417. The predicted molar refractivity (Wildman–Crippen MR) is 105 cm³/mol. The number of aromatic hydroxyl groups is 1. The molecule has 5 nitrogen and oxygen atoms in total. The molecule has 4 rings (SSSR count). The highest BCUT2D eigenvalue weighted by Gasteiger charge is 2.55. The maximum atomic E-state index is 13.1. The summed E-state index contributed by atoms with van der Waals surface area (Å²) in [5, 5.41) is 10.4. The third-order valence-electron chi connectivity index (χ3n) is 5.88. The smallest absolute Gasteiger partial charge is 0.242 e. The van der Waals surface area contributed by atoms with Gasteiger partial charge in [-0.15, -0.1) is 0 Å². The van der Waals surface area contributed by atoms with Crippen molar-refractivity contribution >= 4 is 5.91 Å². The molecule has 0 radical (unpaired) electrons. The van der Waals surface area contributed by atoms with Crippen LogP contribution < -0.4 is 10.9 Å². The first-order chi connectivity index (χ1) is 13.2. The van der Waals surface area contributed by atoms with Crippen LogP contribution in [0.2, 0.25) is 0 Å². The zero-order valence-electron chi connectivity index (χ0n) is 15.9. The molecule has 1 amide bonds. The molecule has 4 atom stereocenters. The molecule has 5 heteroatoms. The van der Waals surface area contributed by atoms with Crippen molar-refractivity contribution < 1.29 is 9.90 Å². The molecule has 2 fully saturated rings. The van der Waals surface area contributed by atoms with E-state index in [4.69, 9.17) is 0 Å². The zero-order chi connectivity index (χ0) is 19.0. The van der Waals surface area contributed by atoms with E-state index in [0.29, 0.717) is 0 Å². The second-order valence-electron chi connectivity index (χ2n) is 7.45. The van der Waals surface area contributed by atoms with Gasteiger partial charge in [-0.05, 0) is 30.0 Å². The van der Waals surface area contributed by atoms with Gasteiger partial charge >= 0.3 is 0 Å². The number of phenols is 1. The lowest BCUT2D eigenvalue weighted by Gasteiger charge is -2.31. The highest BCUT2D eigenvalue weighted by Crippen LogP contribution is 2.48. The Morgan fingerprint density at radius 1 is 1.00 bits per heavy atom. The van der Waals surface area contributed by atoms with Gasteiger partial charge in [0.1, 0.15) is 11.8 Å². The Bertz CT molecular complexity index is 821. The summed E-state index contributed by atoms with van der Waals surface area (Å²) < 4.78 is 0. The number of nitrogens with zero attached hydrogens (tertiary/aromatic N) is 1. The normalized spacial score (nSPS) is 27.2. The third kappa shape index (κ3) is 3.01. The number of hydrogen-bond acceptors (Lipinski definition) is 4. The number of phenolic OH excluding ortho intramolecular Hbond substituents is 1. The van der Waals surface area contributed by atoms with E-state index in [1.807, 2.05) is 23.1 Å². The van der Waals surface area contributed by atoms with E-state index in [1.165, 1.54) is 5.56 Å². The Hall–Kier alpha value is -2.37. The molecule has 2 aliphatic heterocycles. The number of nitrogens with one attached hydrogen (secondary N) is 2. The molecule has 2 aromatic carbocycles. The van der Waals surface area contributed by atoms with Crippen LogP contribution in [-0.2, 0) is 11.2 Å². The number of likely N-dealkylation sites (tertiary alicyclic amines) is 1. The number of fused-ring (bicyclic) bond motifs is 1. The SMILES string of the molecule is CCCN1C(=O)C2NNC(c3ccccc3O)C2C1c1ccc(CC)cc1. The highest BCUT2D eigenvalue weighted by molar-refractivity contribution is 5.86. The number of carbonyl (C=O) groups excluding carboxylic acids is 1. The van der Waals surface area contributed by atoms with Gasteiger partial charge in [-0.25, -0.2) is 10.9 Å². The molecule has 0 aromatic heterocycles. The lowest BCUT2D eigenvalue weighted by molar-refractivity contribution is -0.130. The first kappa shape index (κ1) is 18.0. The van der Waals surface area contributed by atoms with Gasteiger partial charge in [0, 0.05) is 18.0 Å². The van der Waals surface area contributed by atoms with E-state index in [-0.39, 0.29) is 35.7 Å². The summed E-state index contributed by atoms with van der Waals surface area (Å²) in [6.07, 6.45) is 1.92. The van der Waals surface area contributed by atoms with Crippen molar-refractivity contribution in [3.05, 3.63) is 65.2 Å². The number of hydrazine groups is 1. The summed E-state index contributed by atoms with van der Waals surface area (Å²) in [4.78, 5) is 15.1. The van der Waals surface area contributed by atoms with Gasteiger partial charge in [0.25, 0.3) is 0 Å². The number of amides is 1. The zero-order valence-corrected chi connectivity index (χ0v) is 15.9. The van der Waals surface area contributed by atoms with E-state index < -0.39 is 0 Å². The van der Waals surface area contributed by atoms with Gasteiger partial charge in [-0.3, -0.25) is 4.79 Å². The predicted octanol–water partition coefficient (Wildman–Crippen LogP) is 3.08. The summed E-state index contributed by atoms with van der Waals surface area (Å²) >= 11 is 0. The Morgan fingerprint density at radius 2 is 1.70 bits per heavy atom. The summed E-state index contributed by atoms with van der Waals surface area (Å²) in [5.41, 5.74) is 9.76. The van der Waals surface area contributed by atoms with Crippen molar-refractivity contribution in [1.82, 2.24) is 15.8 Å². The fraction of sp³-hybridized carbons (Fsp3) is 0.409. The van der Waals surface area contributed by atoms with Crippen LogP contribution in [0.3, 0.4) is 0 Å². The largest absolute Gasteiger partial charge is 0.508 e. The van der Waals surface area contributed by atoms with Gasteiger partial charge in [-0.2, -0.15) is 0 Å². The second-order valence-corrected chi connectivity index (χ2v) is 7.45. The number of para-hydroxylation sites is 1. The molecule has 27 heavy (non-hydrogen) atoms. The van der Waals surface area contributed by atoms with Crippen LogP contribution in [0.5, 0.6) is 5.75 Å². The van der Waals surface area contributed by atoms with Crippen LogP contribution in [0, 0.1) is 5.92 Å². The minimum Gasteiger partial charge on any atom is -0.508 e. The van der Waals surface area contributed by atoms with Crippen molar-refractivity contribution in [3.63, 3.8) is 0 Å². The third-order valence-corrected chi connectivity index (χ3v) is 5.88. The summed E-state index contributed by atoms with van der Waals surface area (Å²) in [6, 6.07) is 15.6. The molecule has 0 aliphatic carbocycles. The van der Waals surface area contributed by atoms with Crippen LogP contribution in [0.15, 0.2) is 48.5 Å². The van der Waals surface area contributed by atoms with Crippen molar-refractivity contribution in [2.24, 2.45) is 5.92 Å². The lowest BCUT2D eigenvalue weighted by Crippen LogP contribution is -2.41. The molecule has 0 saturated carbocycles. The average Bonchev–Trinajstić information content (AvgIpc) is 3.23. The van der Waals surface area contributed by atoms with Crippen LogP contribution in [0.25, 0.3) is 0 Å². The number of hydrogen-bond donors (Lipinski definition) is 3. The van der Waals surface area contributed by atoms with Crippen molar-refractivity contribution in [1.29, 1.82) is 0 Å². The minimum absolute atomic E-state index is 0.0135. The van der Waals surface area contributed by atoms with Gasteiger partial charge in [-0.1, -0.05) is 56.3 Å². The van der Waals surface area contributed by atoms with Crippen LogP contribution in [0.1, 0.15) is 49.0 Å². The van der Waals surface area contributed by atoms with Crippen LogP contribution in [-0.4, -0.2) is 28.5 Å². The fourth-order valence-electron chi connectivity index (χ4n) is 4.56. The minimum atomic E-state index is -0.281. The number of aryl methyl sites for hydroxylation is 1. The molecular formula is C22H27N3O2. The van der Waals surface area contributed by atoms with E-state index in [1.54, 1.807) is 6.07 Å². The van der Waals surface area contributed by atoms with Gasteiger partial charge < -0.3 is 10.0 Å². The molecule has 2 aromatic rings. The molecule has 2 saturated heterocycles. The maximum Gasteiger partial charge on any atom is 0.242 e. The Balaban J connectivity index is 1.76. The fourth-order valence-corrected chi connectivity index (χ4v) is 4.56. The Labute approximate surface area is 160 Å². The Morgan fingerprint density at radius 3 is 2.37 bits per heavy atom. The van der Waals surface area contributed by atoms with Crippen molar-refractivity contribution in [2.75, 3.05) is 6.54 Å². The Kier molecular flexibility index (Phi) is 4.89. The molecule has 0 bridgehead atoms. The van der Waals surface area contributed by atoms with Crippen LogP contribution >= 0.6 is 0 Å². The van der Waals surface area contributed by atoms with Crippen molar-refractivity contribution in [2.45, 2.75) is 44.8 Å². The van der Waals surface area contributed by atoms with Gasteiger partial charge in [0.15, 0.2) is 0 Å². The van der Waals surface area contributed by atoms with Gasteiger partial charge in [0.05, 0.1) is 12.1 Å². The second kappa shape index (κ2) is 7.33. The monoisotopic (exact) mass is 365 g/mol. The van der Waals surface area contributed by atoms with Gasteiger partial charge in [0.2, 0.25) is 5.91 Å². The lowest BCUT2D eigenvalue weighted by atomic mass is 9.83. The molecule has 4 unspecified atom stereocenters. The van der Waals surface area contributed by atoms with Crippen LogP contribution in [0.4, 0.5) is 0 Å². The maximum absolute atomic E-state index is 13.1. The molecule has 3 N–H and O–H groups in total. The first-order valence-corrected chi connectivity index (χ1v) is 9.84. The molecule has 0 spiro atoms. The van der Waals surface area contributed by atoms with E-state index in [0.717, 1.165) is 30.5 Å². The summed E-state index contributed by atoms with van der Waals surface area (Å²) in [6.45, 7) is 4.98. The molecule has 2 aliphatic rings. The molecule has 142 valence electrons. The highest BCUT2D eigenvalue weighted by atomic mass is 16.3. The van der Waals surface area contributed by atoms with E-state index in [9.17, 15) is 9.90 Å². The number of rotatable bonds is 5. The number of benzene rings is 2. The summed E-state index contributed by atoms with van der Waals surface area (Å²) in [7, 11) is 0. The standard InChI is InChI=1S/C22H27N3O2/c1-3-13-25-21(15-11-9-14(4-2)10-12-15)18-19(23-24-20(18)22(25)27)16-7-5-6-8-17(16)26/h5-12,18-21,23-24,26H,3-4,13H2,1-2H3. The van der Waals surface area contributed by atoms with Crippen molar-refractivity contribution in [3.8, 4) is 5.75 Å². The number of carbonyl (C=O) groups is 1. The quantitative estimate of drug-likeness (QED) is 0.762. The molecular weight excluding hydrogens is 338 g/mol. The molecule has 2 heterocycles. The van der Waals surface area contributed by atoms with E-state index in [2.05, 4.69) is 49.0 Å². The van der Waals surface area contributed by atoms with E-state index >= 15 is 0 Å². The average molecular weight is 365 g/mol. The topological polar surface area (TPSA) is 64.6 Å².